The molecule has 0 amide bonds. The van der Waals surface area contributed by atoms with Crippen molar-refractivity contribution in [3.8, 4) is 0 Å². The van der Waals surface area contributed by atoms with Crippen molar-refractivity contribution >= 4 is 0 Å². The predicted octanol–water partition coefficient (Wildman–Crippen LogP) is 2.38. The second-order valence-corrected chi connectivity index (χ2v) is 1.93. The highest BCUT2D eigenvalue weighted by atomic mass is 19.2. The van der Waals surface area contributed by atoms with Crippen molar-refractivity contribution in [3.05, 3.63) is 11.8 Å². The molecule has 0 bridgehead atoms. The third-order valence-electron chi connectivity index (χ3n) is 1.03. The summed E-state index contributed by atoms with van der Waals surface area (Å²) in [5, 5.41) is 16.1. The van der Waals surface area contributed by atoms with Gasteiger partial charge in [0.05, 0.1) is 0 Å². The molecule has 4 heteroatoms. The third kappa shape index (κ3) is 2.66. The Hall–Kier alpha value is -0.800. The van der Waals surface area contributed by atoms with Gasteiger partial charge in [0.2, 0.25) is 5.83 Å². The molecule has 60 valence electrons. The van der Waals surface area contributed by atoms with E-state index < -0.39 is 17.9 Å². The molecular weight excluding hydrogens is 142 g/mol. The van der Waals surface area contributed by atoms with Crippen LogP contribution in [0.2, 0.25) is 0 Å². The van der Waals surface area contributed by atoms with E-state index >= 15 is 0 Å². The van der Waals surface area contributed by atoms with Crippen LogP contribution in [0, 0.1) is 0 Å². The normalized spacial score (nSPS) is 12.7. The number of alkyl halides is 1. The van der Waals surface area contributed by atoms with Crippen LogP contribution in [-0.2, 0) is 0 Å². The minimum atomic E-state index is -1.88. The van der Waals surface area contributed by atoms with Crippen LogP contribution in [0.4, 0.5) is 8.78 Å². The lowest BCUT2D eigenvalue weighted by molar-refractivity contribution is 0.153. The van der Waals surface area contributed by atoms with Crippen molar-refractivity contribution < 1.29 is 19.0 Å². The molecule has 0 fully saturated rings. The molecule has 0 saturated carbocycles. The monoisotopic (exact) mass is 152 g/mol. The van der Waals surface area contributed by atoms with E-state index in [0.717, 1.165) is 0 Å². The predicted molar refractivity (Wildman–Crippen MR) is 33.2 cm³/mol. The van der Waals surface area contributed by atoms with Crippen LogP contribution >= 0.6 is 0 Å². The maximum Gasteiger partial charge on any atom is 0.310 e. The second kappa shape index (κ2) is 4.09. The fourth-order valence-corrected chi connectivity index (χ4v) is 0.520. The average molecular weight is 152 g/mol. The van der Waals surface area contributed by atoms with Gasteiger partial charge in [-0.1, -0.05) is 13.3 Å². The summed E-state index contributed by atoms with van der Waals surface area (Å²) in [5.74, 6) is -3.04. The summed E-state index contributed by atoms with van der Waals surface area (Å²) in [6, 6.07) is 0. The van der Waals surface area contributed by atoms with Crippen molar-refractivity contribution in [3.63, 3.8) is 0 Å². The number of aliphatic hydroxyl groups is 2. The Morgan fingerprint density at radius 3 is 2.30 bits per heavy atom. The highest BCUT2D eigenvalue weighted by Crippen LogP contribution is 2.15. The summed E-state index contributed by atoms with van der Waals surface area (Å²) in [4.78, 5) is 0. The van der Waals surface area contributed by atoms with Gasteiger partial charge in [0.15, 0.2) is 6.17 Å². The smallest absolute Gasteiger partial charge is 0.310 e. The molecule has 10 heavy (non-hydrogen) atoms. The van der Waals surface area contributed by atoms with E-state index in [2.05, 4.69) is 0 Å². The molecular formula is C6H10F2O2. The van der Waals surface area contributed by atoms with E-state index in [1.165, 1.54) is 0 Å². The third-order valence-corrected chi connectivity index (χ3v) is 1.03. The van der Waals surface area contributed by atoms with Crippen molar-refractivity contribution in [1.82, 2.24) is 0 Å². The van der Waals surface area contributed by atoms with Gasteiger partial charge in [0.1, 0.15) is 0 Å². The van der Waals surface area contributed by atoms with Gasteiger partial charge < -0.3 is 10.2 Å². The molecule has 0 saturated heterocycles. The van der Waals surface area contributed by atoms with Crippen LogP contribution in [0.1, 0.15) is 19.8 Å². The molecule has 0 aliphatic carbocycles. The molecule has 0 aromatic carbocycles. The van der Waals surface area contributed by atoms with Gasteiger partial charge in [0, 0.05) is 0 Å². The minimum absolute atomic E-state index is 0.0313. The van der Waals surface area contributed by atoms with Gasteiger partial charge in [-0.15, -0.1) is 0 Å². The SMILES string of the molecule is CCCC(F)C(F)=C(O)O. The average Bonchev–Trinajstić information content (AvgIpc) is 1.87. The number of allylic oxidation sites excluding steroid dienone is 1. The largest absolute Gasteiger partial charge is 0.479 e. The number of hydrogen-bond acceptors (Lipinski definition) is 2. The maximum atomic E-state index is 12.3. The molecule has 1 atom stereocenters. The van der Waals surface area contributed by atoms with E-state index in [4.69, 9.17) is 10.2 Å². The van der Waals surface area contributed by atoms with Crippen LogP contribution in [0.15, 0.2) is 11.8 Å². The van der Waals surface area contributed by atoms with E-state index in [0.29, 0.717) is 6.42 Å². The maximum absolute atomic E-state index is 12.3. The highest BCUT2D eigenvalue weighted by molar-refractivity contribution is 4.97. The topological polar surface area (TPSA) is 40.5 Å². The lowest BCUT2D eigenvalue weighted by atomic mass is 10.2. The molecule has 2 nitrogen and oxygen atoms in total. The molecule has 0 aliphatic heterocycles. The first-order valence-corrected chi connectivity index (χ1v) is 3.01. The Balaban J connectivity index is 3.94. The van der Waals surface area contributed by atoms with E-state index in [1.54, 1.807) is 6.92 Å². The molecule has 1 unspecified atom stereocenters. The van der Waals surface area contributed by atoms with Crippen LogP contribution in [0.3, 0.4) is 0 Å². The van der Waals surface area contributed by atoms with Crippen LogP contribution < -0.4 is 0 Å². The van der Waals surface area contributed by atoms with Gasteiger partial charge in [-0.2, -0.15) is 0 Å². The molecule has 0 aliphatic rings. The first-order valence-electron chi connectivity index (χ1n) is 3.01. The number of hydrogen-bond donors (Lipinski definition) is 2. The summed E-state index contributed by atoms with van der Waals surface area (Å²) in [6.07, 6.45) is -1.45. The molecule has 0 aromatic heterocycles. The van der Waals surface area contributed by atoms with Crippen LogP contribution in [0.5, 0.6) is 0 Å². The summed E-state index contributed by atoms with van der Waals surface area (Å²) in [5.41, 5.74) is 0. The molecule has 0 radical (unpaired) electrons. The molecule has 0 rings (SSSR count). The van der Waals surface area contributed by atoms with Gasteiger partial charge in [-0.3, -0.25) is 0 Å². The zero-order valence-electron chi connectivity index (χ0n) is 5.64. The van der Waals surface area contributed by atoms with E-state index in [-0.39, 0.29) is 6.42 Å². The van der Waals surface area contributed by atoms with E-state index in [1.807, 2.05) is 0 Å². The Labute approximate surface area is 57.8 Å². The minimum Gasteiger partial charge on any atom is -0.479 e. The Morgan fingerprint density at radius 1 is 1.50 bits per heavy atom. The summed E-state index contributed by atoms with van der Waals surface area (Å²) < 4.78 is 24.4. The molecule has 0 aromatic rings. The Morgan fingerprint density at radius 2 is 2.00 bits per heavy atom. The molecule has 2 N–H and O–H groups in total. The van der Waals surface area contributed by atoms with Crippen molar-refractivity contribution in [2.45, 2.75) is 25.9 Å². The summed E-state index contributed by atoms with van der Waals surface area (Å²) in [7, 11) is 0. The first kappa shape index (κ1) is 9.20. The summed E-state index contributed by atoms with van der Waals surface area (Å²) >= 11 is 0. The zero-order valence-corrected chi connectivity index (χ0v) is 5.64. The Kier molecular flexibility index (Phi) is 3.76. The lowest BCUT2D eigenvalue weighted by Crippen LogP contribution is -2.02. The second-order valence-electron chi connectivity index (χ2n) is 1.93. The fraction of sp³-hybridized carbons (Fsp3) is 0.667. The zero-order chi connectivity index (χ0) is 8.15. The van der Waals surface area contributed by atoms with Crippen LogP contribution in [0.25, 0.3) is 0 Å². The summed E-state index contributed by atoms with van der Waals surface area (Å²) in [6.45, 7) is 1.67. The number of halogens is 2. The number of rotatable bonds is 3. The highest BCUT2D eigenvalue weighted by Gasteiger charge is 2.16. The van der Waals surface area contributed by atoms with Gasteiger partial charge in [-0.05, 0) is 6.42 Å². The Bertz CT molecular complexity index is 130. The standard InChI is InChI=1S/C6H10F2O2/c1-2-3-4(7)5(8)6(9)10/h4,9-10H,2-3H2,1H3. The van der Waals surface area contributed by atoms with Crippen LogP contribution in [-0.4, -0.2) is 16.4 Å². The molecule has 0 heterocycles. The number of aliphatic hydroxyl groups excluding tert-OH is 1. The fourth-order valence-electron chi connectivity index (χ4n) is 0.520. The van der Waals surface area contributed by atoms with Crippen molar-refractivity contribution in [1.29, 1.82) is 0 Å². The van der Waals surface area contributed by atoms with Gasteiger partial charge in [-0.25, -0.2) is 8.78 Å². The van der Waals surface area contributed by atoms with E-state index in [9.17, 15) is 8.78 Å². The van der Waals surface area contributed by atoms with Crippen molar-refractivity contribution in [2.24, 2.45) is 0 Å². The lowest BCUT2D eigenvalue weighted by Gasteiger charge is -2.01. The van der Waals surface area contributed by atoms with Crippen molar-refractivity contribution in [2.75, 3.05) is 0 Å². The quantitative estimate of drug-likeness (QED) is 0.609. The first-order chi connectivity index (χ1) is 4.59. The molecule has 0 spiro atoms. The van der Waals surface area contributed by atoms with Gasteiger partial charge >= 0.3 is 5.95 Å². The van der Waals surface area contributed by atoms with Gasteiger partial charge in [0.25, 0.3) is 0 Å².